The molecule has 1 aromatic carbocycles. The molecule has 3 N–H and O–H groups in total. The maximum Gasteiger partial charge on any atom is 0.283 e. The molecular weight excluding hydrogens is 312 g/mol. The minimum atomic E-state index is -0.300. The van der Waals surface area contributed by atoms with E-state index in [1.807, 2.05) is 31.2 Å². The van der Waals surface area contributed by atoms with E-state index in [4.69, 9.17) is 10.5 Å². The zero-order valence-electron chi connectivity index (χ0n) is 13.2. The van der Waals surface area contributed by atoms with Crippen LogP contribution in [0.3, 0.4) is 0 Å². The second-order valence-corrected chi connectivity index (χ2v) is 5.83. The Bertz CT molecular complexity index is 697. The van der Waals surface area contributed by atoms with Gasteiger partial charge in [0.05, 0.1) is 18.5 Å². The number of ether oxygens (including phenoxy) is 1. The number of carbonyl (C=O) groups is 1. The minimum Gasteiger partial charge on any atom is -0.494 e. The maximum absolute atomic E-state index is 12.1. The number of nitrogens with one attached hydrogen (secondary N) is 1. The number of benzene rings is 1. The van der Waals surface area contributed by atoms with Crippen LogP contribution in [-0.2, 0) is 6.42 Å². The van der Waals surface area contributed by atoms with E-state index >= 15 is 0 Å². The number of hydrazone groups is 1. The summed E-state index contributed by atoms with van der Waals surface area (Å²) in [5.74, 6) is 0.483. The van der Waals surface area contributed by atoms with E-state index in [0.29, 0.717) is 28.7 Å². The van der Waals surface area contributed by atoms with Gasteiger partial charge >= 0.3 is 0 Å². The number of anilines is 1. The second-order valence-electron chi connectivity index (χ2n) is 4.80. The van der Waals surface area contributed by atoms with E-state index in [9.17, 15) is 4.79 Å². The van der Waals surface area contributed by atoms with Crippen molar-refractivity contribution in [1.82, 2.24) is 10.4 Å². The standard InChI is InChI=1S/C16H20N4O2S/c1-3-8-22-12-7-5-6-11(9-12)10-18-20-15(21)14-13(4-2)19-16(17)23-14/h5-7,9-10H,3-4,8H2,1-2H3,(H2,17,19)(H,20,21)/b18-10-. The molecule has 0 aliphatic carbocycles. The van der Waals surface area contributed by atoms with Crippen molar-refractivity contribution in [2.24, 2.45) is 5.10 Å². The number of hydrogen-bond donors (Lipinski definition) is 2. The van der Waals surface area contributed by atoms with Crippen LogP contribution in [0.1, 0.15) is 41.2 Å². The van der Waals surface area contributed by atoms with E-state index < -0.39 is 0 Å². The van der Waals surface area contributed by atoms with Gasteiger partial charge in [-0.1, -0.05) is 37.3 Å². The Labute approximate surface area is 139 Å². The van der Waals surface area contributed by atoms with Gasteiger partial charge in [0.25, 0.3) is 5.91 Å². The molecule has 0 aliphatic rings. The highest BCUT2D eigenvalue weighted by Gasteiger charge is 2.15. The zero-order chi connectivity index (χ0) is 16.7. The SMILES string of the molecule is CCCOc1cccc(/C=N\NC(=O)c2sc(N)nc2CC)c1. The second kappa shape index (κ2) is 8.28. The van der Waals surface area contributed by atoms with Gasteiger partial charge in [-0.2, -0.15) is 5.10 Å². The van der Waals surface area contributed by atoms with E-state index in [0.717, 1.165) is 17.7 Å². The first-order chi connectivity index (χ1) is 11.1. The van der Waals surface area contributed by atoms with Crippen LogP contribution in [0.15, 0.2) is 29.4 Å². The molecule has 1 amide bonds. The van der Waals surface area contributed by atoms with Crippen LogP contribution in [0.5, 0.6) is 5.75 Å². The lowest BCUT2D eigenvalue weighted by Gasteiger charge is -2.04. The smallest absolute Gasteiger partial charge is 0.283 e. The van der Waals surface area contributed by atoms with Crippen LogP contribution in [0, 0.1) is 0 Å². The number of aryl methyl sites for hydroxylation is 1. The zero-order valence-corrected chi connectivity index (χ0v) is 14.0. The van der Waals surface area contributed by atoms with Crippen molar-refractivity contribution in [2.45, 2.75) is 26.7 Å². The van der Waals surface area contributed by atoms with E-state index in [-0.39, 0.29) is 5.91 Å². The lowest BCUT2D eigenvalue weighted by molar-refractivity contribution is 0.0958. The maximum atomic E-state index is 12.1. The van der Waals surface area contributed by atoms with Gasteiger partial charge < -0.3 is 10.5 Å². The third-order valence-electron chi connectivity index (χ3n) is 2.97. The first-order valence-corrected chi connectivity index (χ1v) is 8.27. The van der Waals surface area contributed by atoms with Gasteiger partial charge in [-0.3, -0.25) is 4.79 Å². The highest BCUT2D eigenvalue weighted by molar-refractivity contribution is 7.17. The molecule has 0 saturated heterocycles. The van der Waals surface area contributed by atoms with Gasteiger partial charge in [0, 0.05) is 0 Å². The molecule has 7 heteroatoms. The van der Waals surface area contributed by atoms with E-state index in [1.165, 1.54) is 11.3 Å². The molecule has 0 fully saturated rings. The molecular formula is C16H20N4O2S. The highest BCUT2D eigenvalue weighted by atomic mass is 32.1. The molecule has 23 heavy (non-hydrogen) atoms. The first-order valence-electron chi connectivity index (χ1n) is 7.45. The van der Waals surface area contributed by atoms with Gasteiger partial charge in [0.2, 0.25) is 0 Å². The molecule has 0 radical (unpaired) electrons. The summed E-state index contributed by atoms with van der Waals surface area (Å²) in [6.07, 6.45) is 3.18. The summed E-state index contributed by atoms with van der Waals surface area (Å²) in [5.41, 5.74) is 9.68. The Morgan fingerprint density at radius 1 is 1.48 bits per heavy atom. The summed E-state index contributed by atoms with van der Waals surface area (Å²) in [6, 6.07) is 7.52. The fraction of sp³-hybridized carbons (Fsp3) is 0.312. The number of nitrogens with zero attached hydrogens (tertiary/aromatic N) is 2. The summed E-state index contributed by atoms with van der Waals surface area (Å²) in [4.78, 5) is 16.7. The summed E-state index contributed by atoms with van der Waals surface area (Å²) >= 11 is 1.17. The molecule has 0 bridgehead atoms. The normalized spacial score (nSPS) is 10.9. The van der Waals surface area contributed by atoms with Crippen molar-refractivity contribution in [1.29, 1.82) is 0 Å². The lowest BCUT2D eigenvalue weighted by Crippen LogP contribution is -2.17. The molecule has 0 aliphatic heterocycles. The summed E-state index contributed by atoms with van der Waals surface area (Å²) in [6.45, 7) is 4.65. The Balaban J connectivity index is 1.99. The highest BCUT2D eigenvalue weighted by Crippen LogP contribution is 2.20. The molecule has 0 unspecified atom stereocenters. The lowest BCUT2D eigenvalue weighted by atomic mass is 10.2. The summed E-state index contributed by atoms with van der Waals surface area (Å²) in [5, 5.41) is 4.37. The van der Waals surface area contributed by atoms with Crippen LogP contribution in [-0.4, -0.2) is 23.7 Å². The molecule has 1 aromatic heterocycles. The predicted octanol–water partition coefficient (Wildman–Crippen LogP) is 2.84. The Morgan fingerprint density at radius 3 is 3.04 bits per heavy atom. The number of hydrogen-bond acceptors (Lipinski definition) is 6. The molecule has 0 spiro atoms. The number of thiazole rings is 1. The van der Waals surface area contributed by atoms with Crippen molar-refractivity contribution in [3.63, 3.8) is 0 Å². The van der Waals surface area contributed by atoms with Crippen molar-refractivity contribution < 1.29 is 9.53 Å². The molecule has 0 atom stereocenters. The fourth-order valence-electron chi connectivity index (χ4n) is 1.91. The predicted molar refractivity (Wildman–Crippen MR) is 93.2 cm³/mol. The average Bonchev–Trinajstić information content (AvgIpc) is 2.94. The topological polar surface area (TPSA) is 89.6 Å². The van der Waals surface area contributed by atoms with Crippen LogP contribution >= 0.6 is 11.3 Å². The molecule has 122 valence electrons. The third kappa shape index (κ3) is 4.79. The molecule has 2 aromatic rings. The van der Waals surface area contributed by atoms with Gasteiger partial charge in [-0.25, -0.2) is 10.4 Å². The summed E-state index contributed by atoms with van der Waals surface area (Å²) in [7, 11) is 0. The van der Waals surface area contributed by atoms with E-state index in [2.05, 4.69) is 22.4 Å². The average molecular weight is 332 g/mol. The Morgan fingerprint density at radius 2 is 2.30 bits per heavy atom. The third-order valence-corrected chi connectivity index (χ3v) is 3.89. The van der Waals surface area contributed by atoms with Gasteiger partial charge in [-0.05, 0) is 30.5 Å². The Kier molecular flexibility index (Phi) is 6.10. The van der Waals surface area contributed by atoms with Crippen LogP contribution < -0.4 is 15.9 Å². The monoisotopic (exact) mass is 332 g/mol. The van der Waals surface area contributed by atoms with Crippen LogP contribution in [0.4, 0.5) is 5.13 Å². The van der Waals surface area contributed by atoms with Gasteiger partial charge in [0.15, 0.2) is 5.13 Å². The summed E-state index contributed by atoms with van der Waals surface area (Å²) < 4.78 is 5.56. The van der Waals surface area contributed by atoms with Gasteiger partial charge in [-0.15, -0.1) is 0 Å². The van der Waals surface area contributed by atoms with Crippen LogP contribution in [0.25, 0.3) is 0 Å². The quantitative estimate of drug-likeness (QED) is 0.602. The number of nitrogens with two attached hydrogens (primary N) is 1. The first kappa shape index (κ1) is 17.0. The number of nitrogen functional groups attached to an aromatic ring is 1. The molecule has 6 nitrogen and oxygen atoms in total. The van der Waals surface area contributed by atoms with Crippen molar-refractivity contribution in [3.8, 4) is 5.75 Å². The van der Waals surface area contributed by atoms with Crippen LogP contribution in [0.2, 0.25) is 0 Å². The van der Waals surface area contributed by atoms with Gasteiger partial charge in [0.1, 0.15) is 10.6 Å². The Hall–Kier alpha value is -2.41. The van der Waals surface area contributed by atoms with E-state index in [1.54, 1.807) is 6.21 Å². The van der Waals surface area contributed by atoms with Crippen molar-refractivity contribution >= 4 is 28.6 Å². The largest absolute Gasteiger partial charge is 0.494 e. The number of rotatable bonds is 7. The molecule has 1 heterocycles. The molecule has 0 saturated carbocycles. The fourth-order valence-corrected chi connectivity index (χ4v) is 2.72. The number of carbonyl (C=O) groups excluding carboxylic acids is 1. The van der Waals surface area contributed by atoms with Crippen molar-refractivity contribution in [3.05, 3.63) is 40.4 Å². The number of aromatic nitrogens is 1. The minimum absolute atomic E-state index is 0.300. The van der Waals surface area contributed by atoms with Crippen molar-refractivity contribution in [2.75, 3.05) is 12.3 Å². The number of amides is 1. The molecule has 2 rings (SSSR count).